The Morgan fingerprint density at radius 3 is 2.23 bits per heavy atom. The van der Waals surface area contributed by atoms with Crippen LogP contribution in [0.3, 0.4) is 0 Å². The minimum absolute atomic E-state index is 0.0347. The maximum atomic E-state index is 14.5. The number of rotatable bonds is 6. The lowest BCUT2D eigenvalue weighted by molar-refractivity contribution is 0.157. The van der Waals surface area contributed by atoms with Crippen LogP contribution in [-0.2, 0) is 0 Å². The monoisotopic (exact) mass is 412 g/mol. The highest BCUT2D eigenvalue weighted by molar-refractivity contribution is 5.85. The van der Waals surface area contributed by atoms with Crippen molar-refractivity contribution in [3.63, 3.8) is 0 Å². The molecule has 3 heteroatoms. The first-order valence-corrected chi connectivity index (χ1v) is 11.7. The number of ether oxygens (including phenoxy) is 1. The van der Waals surface area contributed by atoms with Gasteiger partial charge in [-0.05, 0) is 98.1 Å². The summed E-state index contributed by atoms with van der Waals surface area (Å²) in [4.78, 5) is 0. The van der Waals surface area contributed by atoms with Crippen molar-refractivity contribution < 1.29 is 13.5 Å². The van der Waals surface area contributed by atoms with Crippen molar-refractivity contribution in [2.24, 2.45) is 17.8 Å². The van der Waals surface area contributed by atoms with Crippen LogP contribution >= 0.6 is 0 Å². The highest BCUT2D eigenvalue weighted by Crippen LogP contribution is 2.45. The lowest BCUT2D eigenvalue weighted by Crippen LogP contribution is -2.25. The maximum Gasteiger partial charge on any atom is 0.201 e. The second-order valence-electron chi connectivity index (χ2n) is 9.45. The number of halogens is 2. The summed E-state index contributed by atoms with van der Waals surface area (Å²) >= 11 is 0. The Labute approximate surface area is 179 Å². The Balaban J connectivity index is 1.38. The molecule has 1 nitrogen and oxygen atoms in total. The second kappa shape index (κ2) is 9.49. The fraction of sp³-hybridized carbons (Fsp3) is 0.556. The molecule has 0 heterocycles. The van der Waals surface area contributed by atoms with Crippen molar-refractivity contribution in [3.8, 4) is 5.75 Å². The van der Waals surface area contributed by atoms with Crippen LogP contribution in [-0.4, -0.2) is 7.11 Å². The molecular weight excluding hydrogens is 378 g/mol. The number of fused-ring (bicyclic) bond motifs is 1. The summed E-state index contributed by atoms with van der Waals surface area (Å²) in [5.41, 5.74) is 1.15. The van der Waals surface area contributed by atoms with Gasteiger partial charge < -0.3 is 4.74 Å². The van der Waals surface area contributed by atoms with Crippen molar-refractivity contribution >= 4 is 10.8 Å². The van der Waals surface area contributed by atoms with Gasteiger partial charge in [0, 0.05) is 5.39 Å². The molecule has 2 aromatic carbocycles. The van der Waals surface area contributed by atoms with Gasteiger partial charge in [0.2, 0.25) is 5.82 Å². The zero-order chi connectivity index (χ0) is 21.1. The summed E-state index contributed by atoms with van der Waals surface area (Å²) in [5, 5.41) is 1.06. The molecule has 0 spiro atoms. The minimum Gasteiger partial charge on any atom is -0.494 e. The van der Waals surface area contributed by atoms with Crippen molar-refractivity contribution in [3.05, 3.63) is 54.1 Å². The van der Waals surface area contributed by atoms with Crippen LogP contribution < -0.4 is 4.74 Å². The summed E-state index contributed by atoms with van der Waals surface area (Å²) in [7, 11) is 1.37. The molecule has 0 aliphatic heterocycles. The zero-order valence-corrected chi connectivity index (χ0v) is 18.1. The van der Waals surface area contributed by atoms with E-state index < -0.39 is 11.6 Å². The molecule has 30 heavy (non-hydrogen) atoms. The van der Waals surface area contributed by atoms with E-state index in [1.54, 1.807) is 6.07 Å². The molecular formula is C27H34F2O. The van der Waals surface area contributed by atoms with Crippen LogP contribution in [0.5, 0.6) is 5.75 Å². The quantitative estimate of drug-likeness (QED) is 0.435. The van der Waals surface area contributed by atoms with E-state index in [4.69, 9.17) is 4.74 Å². The van der Waals surface area contributed by atoms with Gasteiger partial charge in [-0.25, -0.2) is 4.39 Å². The molecule has 0 amide bonds. The van der Waals surface area contributed by atoms with E-state index in [9.17, 15) is 8.78 Å². The van der Waals surface area contributed by atoms with E-state index in [2.05, 4.69) is 18.7 Å². The van der Waals surface area contributed by atoms with Crippen LogP contribution in [0.1, 0.15) is 75.7 Å². The predicted octanol–water partition coefficient (Wildman–Crippen LogP) is 8.17. The van der Waals surface area contributed by atoms with Crippen molar-refractivity contribution in [2.45, 2.75) is 70.1 Å². The molecule has 0 aromatic heterocycles. The first kappa shape index (κ1) is 21.3. The average molecular weight is 413 g/mol. The zero-order valence-electron chi connectivity index (χ0n) is 18.1. The Hall–Kier alpha value is -1.90. The molecule has 2 saturated carbocycles. The standard InChI is InChI=1S/C27H34F2O/c1-3-4-5-18-6-8-19(9-7-18)20-10-12-21(13-11-20)22-14-15-23-17-25(30-2)27(29)26(28)24(23)16-22/h3,14-21H,1,4-13H2,2H3. The van der Waals surface area contributed by atoms with Gasteiger partial charge in [-0.3, -0.25) is 0 Å². The van der Waals surface area contributed by atoms with Gasteiger partial charge in [0.15, 0.2) is 11.6 Å². The fourth-order valence-electron chi connectivity index (χ4n) is 5.95. The topological polar surface area (TPSA) is 9.23 Å². The van der Waals surface area contributed by atoms with E-state index in [-0.39, 0.29) is 5.75 Å². The maximum absolute atomic E-state index is 14.5. The largest absolute Gasteiger partial charge is 0.494 e. The predicted molar refractivity (Wildman–Crippen MR) is 120 cm³/mol. The van der Waals surface area contributed by atoms with Gasteiger partial charge in [-0.15, -0.1) is 6.58 Å². The first-order valence-electron chi connectivity index (χ1n) is 11.7. The molecule has 0 atom stereocenters. The van der Waals surface area contributed by atoms with Gasteiger partial charge in [0.1, 0.15) is 0 Å². The van der Waals surface area contributed by atoms with Gasteiger partial charge in [-0.2, -0.15) is 4.39 Å². The van der Waals surface area contributed by atoms with E-state index in [0.29, 0.717) is 16.7 Å². The molecule has 4 rings (SSSR count). The lowest BCUT2D eigenvalue weighted by Gasteiger charge is -2.38. The van der Waals surface area contributed by atoms with Crippen molar-refractivity contribution in [1.29, 1.82) is 0 Å². The molecule has 0 N–H and O–H groups in total. The summed E-state index contributed by atoms with van der Waals surface area (Å²) < 4.78 is 33.7. The van der Waals surface area contributed by atoms with E-state index in [1.807, 2.05) is 12.1 Å². The Morgan fingerprint density at radius 1 is 0.933 bits per heavy atom. The second-order valence-corrected chi connectivity index (χ2v) is 9.45. The molecule has 162 valence electrons. The van der Waals surface area contributed by atoms with Gasteiger partial charge >= 0.3 is 0 Å². The summed E-state index contributed by atoms with van der Waals surface area (Å²) in [6.45, 7) is 3.85. The van der Waals surface area contributed by atoms with Crippen LogP contribution in [0.2, 0.25) is 0 Å². The SMILES string of the molecule is C=CCCC1CCC(C2CCC(c3ccc4cc(OC)c(F)c(F)c4c3)CC2)CC1. The minimum atomic E-state index is -0.894. The molecule has 0 unspecified atom stereocenters. The molecule has 2 fully saturated rings. The number of hydrogen-bond acceptors (Lipinski definition) is 1. The first-order chi connectivity index (χ1) is 14.6. The molecule has 2 aliphatic rings. The molecule has 0 radical (unpaired) electrons. The number of allylic oxidation sites excluding steroid dienone is 1. The number of methoxy groups -OCH3 is 1. The third-order valence-corrected chi connectivity index (χ3v) is 7.81. The molecule has 0 saturated heterocycles. The molecule has 2 aliphatic carbocycles. The van der Waals surface area contributed by atoms with Crippen LogP contribution in [0.15, 0.2) is 36.9 Å². The average Bonchev–Trinajstić information content (AvgIpc) is 2.80. The Kier molecular flexibility index (Phi) is 6.75. The number of hydrogen-bond donors (Lipinski definition) is 0. The van der Waals surface area contributed by atoms with Crippen LogP contribution in [0.25, 0.3) is 10.8 Å². The van der Waals surface area contributed by atoms with Crippen molar-refractivity contribution in [1.82, 2.24) is 0 Å². The summed E-state index contributed by atoms with van der Waals surface area (Å²) in [5.74, 6) is 1.37. The van der Waals surface area contributed by atoms with Gasteiger partial charge in [-0.1, -0.05) is 31.1 Å². The molecule has 0 bridgehead atoms. The third-order valence-electron chi connectivity index (χ3n) is 7.81. The van der Waals surface area contributed by atoms with Gasteiger partial charge in [0.25, 0.3) is 0 Å². The Morgan fingerprint density at radius 2 is 1.60 bits per heavy atom. The third kappa shape index (κ3) is 4.40. The van der Waals surface area contributed by atoms with Crippen LogP contribution in [0.4, 0.5) is 8.78 Å². The number of benzene rings is 2. The highest BCUT2D eigenvalue weighted by atomic mass is 19.2. The fourth-order valence-corrected chi connectivity index (χ4v) is 5.95. The van der Waals surface area contributed by atoms with E-state index in [0.717, 1.165) is 42.6 Å². The highest BCUT2D eigenvalue weighted by Gasteiger charge is 2.31. The normalized spacial score (nSPS) is 27.2. The lowest BCUT2D eigenvalue weighted by atomic mass is 9.68. The summed E-state index contributed by atoms with van der Waals surface area (Å²) in [6.07, 6.45) is 14.9. The van der Waals surface area contributed by atoms with Crippen molar-refractivity contribution in [2.75, 3.05) is 7.11 Å². The van der Waals surface area contributed by atoms with Gasteiger partial charge in [0.05, 0.1) is 7.11 Å². The van der Waals surface area contributed by atoms with E-state index in [1.165, 1.54) is 52.1 Å². The van der Waals surface area contributed by atoms with Crippen LogP contribution in [0, 0.1) is 29.4 Å². The molecule has 2 aromatic rings. The van der Waals surface area contributed by atoms with E-state index >= 15 is 0 Å². The smallest absolute Gasteiger partial charge is 0.201 e. The summed E-state index contributed by atoms with van der Waals surface area (Å²) in [6, 6.07) is 7.45. The Bertz CT molecular complexity index is 874.